The van der Waals surface area contributed by atoms with Gasteiger partial charge in [-0.15, -0.1) is 0 Å². The summed E-state index contributed by atoms with van der Waals surface area (Å²) in [5, 5.41) is 9.18. The van der Waals surface area contributed by atoms with Crippen molar-refractivity contribution >= 4 is 5.91 Å². The lowest BCUT2D eigenvalue weighted by atomic mass is 10.1. The lowest BCUT2D eigenvalue weighted by Crippen LogP contribution is -2.37. The van der Waals surface area contributed by atoms with Gasteiger partial charge in [-0.1, -0.05) is 0 Å². The van der Waals surface area contributed by atoms with E-state index in [-0.39, 0.29) is 25.5 Å². The van der Waals surface area contributed by atoms with Gasteiger partial charge in [0.05, 0.1) is 25.8 Å². The van der Waals surface area contributed by atoms with Crippen molar-refractivity contribution in [2.24, 2.45) is 0 Å². The molecule has 0 unspecified atom stereocenters. The van der Waals surface area contributed by atoms with Gasteiger partial charge in [-0.2, -0.15) is 0 Å². The Morgan fingerprint density at radius 1 is 1.47 bits per heavy atom. The van der Waals surface area contributed by atoms with Crippen molar-refractivity contribution in [2.45, 2.75) is 25.6 Å². The van der Waals surface area contributed by atoms with Gasteiger partial charge < -0.3 is 14.7 Å². The largest absolute Gasteiger partial charge is 0.494 e. The van der Waals surface area contributed by atoms with Crippen LogP contribution in [0.4, 0.5) is 4.39 Å². The van der Waals surface area contributed by atoms with Crippen LogP contribution in [0.2, 0.25) is 0 Å². The van der Waals surface area contributed by atoms with Crippen molar-refractivity contribution in [2.75, 3.05) is 19.8 Å². The number of carbonyl (C=O) groups is 1. The second-order valence-electron chi connectivity index (χ2n) is 4.58. The molecule has 2 rings (SSSR count). The van der Waals surface area contributed by atoms with Crippen LogP contribution in [-0.4, -0.2) is 47.9 Å². The fraction of sp³-hybridized carbons (Fsp3) is 0.500. The number of aliphatic hydroxyl groups is 1. The Morgan fingerprint density at radius 2 is 2.16 bits per heavy atom. The van der Waals surface area contributed by atoms with Crippen LogP contribution >= 0.6 is 0 Å². The summed E-state index contributed by atoms with van der Waals surface area (Å²) < 4.78 is 18.6. The van der Waals surface area contributed by atoms with E-state index in [1.54, 1.807) is 24.3 Å². The number of aliphatic hydroxyl groups excluding tert-OH is 1. The van der Waals surface area contributed by atoms with Crippen molar-refractivity contribution in [3.8, 4) is 5.75 Å². The highest BCUT2D eigenvalue weighted by molar-refractivity contribution is 5.94. The van der Waals surface area contributed by atoms with Crippen molar-refractivity contribution in [1.29, 1.82) is 0 Å². The molecule has 2 atom stereocenters. The molecule has 0 radical (unpaired) electrons. The number of benzene rings is 1. The molecule has 1 aliphatic rings. The number of carbonyl (C=O) groups excluding carboxylic acids is 1. The zero-order valence-corrected chi connectivity index (χ0v) is 10.9. The van der Waals surface area contributed by atoms with E-state index in [4.69, 9.17) is 4.74 Å². The molecule has 5 heteroatoms. The third-order valence-electron chi connectivity index (χ3n) is 3.25. The van der Waals surface area contributed by atoms with Crippen LogP contribution in [0, 0.1) is 0 Å². The highest BCUT2D eigenvalue weighted by atomic mass is 19.1. The minimum Gasteiger partial charge on any atom is -0.494 e. The number of amides is 1. The minimum atomic E-state index is -1.05. The molecule has 1 aliphatic heterocycles. The average Bonchev–Trinajstić information content (AvgIpc) is 2.80. The molecule has 4 nitrogen and oxygen atoms in total. The number of nitrogens with zero attached hydrogens (tertiary/aromatic N) is 1. The van der Waals surface area contributed by atoms with E-state index >= 15 is 0 Å². The molecule has 19 heavy (non-hydrogen) atoms. The van der Waals surface area contributed by atoms with E-state index in [0.717, 1.165) is 0 Å². The summed E-state index contributed by atoms with van der Waals surface area (Å²) in [5.74, 6) is 0.449. The topological polar surface area (TPSA) is 49.8 Å². The second kappa shape index (κ2) is 6.02. The summed E-state index contributed by atoms with van der Waals surface area (Å²) in [7, 11) is 0. The van der Waals surface area contributed by atoms with Gasteiger partial charge in [0.15, 0.2) is 0 Å². The number of halogens is 1. The Morgan fingerprint density at radius 3 is 2.74 bits per heavy atom. The van der Waals surface area contributed by atoms with Crippen LogP contribution in [0.3, 0.4) is 0 Å². The summed E-state index contributed by atoms with van der Waals surface area (Å²) in [6, 6.07) is 6.33. The Labute approximate surface area is 111 Å². The molecule has 104 valence electrons. The van der Waals surface area contributed by atoms with Crippen LogP contribution < -0.4 is 4.74 Å². The van der Waals surface area contributed by atoms with Crippen molar-refractivity contribution in [3.05, 3.63) is 29.8 Å². The Bertz CT molecular complexity index is 435. The third kappa shape index (κ3) is 3.04. The van der Waals surface area contributed by atoms with Crippen LogP contribution in [0.1, 0.15) is 23.7 Å². The standard InChI is InChI=1S/C14H18FNO3/c1-2-19-13-5-3-10(4-6-13)14(18)16-8-11(15)7-12(16)9-17/h3-6,11-12,17H,2,7-9H2,1H3/t11-,12-/m0/s1. The van der Waals surface area contributed by atoms with Crippen LogP contribution in [0.25, 0.3) is 0 Å². The van der Waals surface area contributed by atoms with Crippen molar-refractivity contribution < 1.29 is 19.0 Å². The van der Waals surface area contributed by atoms with Gasteiger partial charge in [0, 0.05) is 12.0 Å². The number of hydrogen-bond acceptors (Lipinski definition) is 3. The lowest BCUT2D eigenvalue weighted by Gasteiger charge is -2.22. The Hall–Kier alpha value is -1.62. The van der Waals surface area contributed by atoms with E-state index in [1.807, 2.05) is 6.92 Å². The Balaban J connectivity index is 2.10. The summed E-state index contributed by atoms with van der Waals surface area (Å²) >= 11 is 0. The minimum absolute atomic E-state index is 0.0528. The predicted octanol–water partition coefficient (Wildman–Crippen LogP) is 1.63. The van der Waals surface area contributed by atoms with Crippen LogP contribution in [0.5, 0.6) is 5.75 Å². The molecule has 1 heterocycles. The number of rotatable bonds is 4. The van der Waals surface area contributed by atoms with E-state index in [9.17, 15) is 14.3 Å². The first-order valence-corrected chi connectivity index (χ1v) is 6.44. The molecule has 0 saturated carbocycles. The summed E-state index contributed by atoms with van der Waals surface area (Å²) in [4.78, 5) is 13.6. The SMILES string of the molecule is CCOc1ccc(C(=O)N2C[C@@H](F)C[C@H]2CO)cc1. The Kier molecular flexibility index (Phi) is 4.37. The smallest absolute Gasteiger partial charge is 0.254 e. The maximum atomic E-state index is 13.3. The first-order chi connectivity index (χ1) is 9.15. The summed E-state index contributed by atoms with van der Waals surface area (Å²) in [5.41, 5.74) is 0.482. The molecular weight excluding hydrogens is 249 g/mol. The fourth-order valence-corrected chi connectivity index (χ4v) is 2.31. The fourth-order valence-electron chi connectivity index (χ4n) is 2.31. The molecule has 1 aromatic rings. The highest BCUT2D eigenvalue weighted by Gasteiger charge is 2.35. The van der Waals surface area contributed by atoms with Crippen LogP contribution in [-0.2, 0) is 0 Å². The molecule has 1 aromatic carbocycles. The zero-order valence-electron chi connectivity index (χ0n) is 10.9. The third-order valence-corrected chi connectivity index (χ3v) is 3.25. The second-order valence-corrected chi connectivity index (χ2v) is 4.58. The monoisotopic (exact) mass is 267 g/mol. The van der Waals surface area contributed by atoms with E-state index < -0.39 is 12.2 Å². The van der Waals surface area contributed by atoms with Crippen LogP contribution in [0.15, 0.2) is 24.3 Å². The number of ether oxygens (including phenoxy) is 1. The van der Waals surface area contributed by atoms with Gasteiger partial charge in [0.25, 0.3) is 5.91 Å². The molecule has 0 aromatic heterocycles. The summed E-state index contributed by atoms with van der Waals surface area (Å²) in [6.45, 7) is 2.30. The quantitative estimate of drug-likeness (QED) is 0.902. The first kappa shape index (κ1) is 13.8. The molecule has 1 fully saturated rings. The van der Waals surface area contributed by atoms with Crippen molar-refractivity contribution in [1.82, 2.24) is 4.90 Å². The number of alkyl halides is 1. The average molecular weight is 267 g/mol. The molecule has 0 spiro atoms. The predicted molar refractivity (Wildman–Crippen MR) is 69.0 cm³/mol. The lowest BCUT2D eigenvalue weighted by molar-refractivity contribution is 0.0673. The number of likely N-dealkylation sites (tertiary alicyclic amines) is 1. The first-order valence-electron chi connectivity index (χ1n) is 6.44. The van der Waals surface area contributed by atoms with E-state index in [2.05, 4.69) is 0 Å². The van der Waals surface area contributed by atoms with E-state index in [1.165, 1.54) is 4.90 Å². The molecule has 0 aliphatic carbocycles. The molecule has 0 bridgehead atoms. The molecular formula is C14H18FNO3. The highest BCUT2D eigenvalue weighted by Crippen LogP contribution is 2.23. The summed E-state index contributed by atoms with van der Waals surface area (Å²) in [6.07, 6.45) is -0.844. The molecule has 1 saturated heterocycles. The number of hydrogen-bond donors (Lipinski definition) is 1. The van der Waals surface area contributed by atoms with Gasteiger partial charge in [-0.3, -0.25) is 4.79 Å². The van der Waals surface area contributed by atoms with Gasteiger partial charge in [0.1, 0.15) is 11.9 Å². The van der Waals surface area contributed by atoms with E-state index in [0.29, 0.717) is 17.9 Å². The van der Waals surface area contributed by atoms with Gasteiger partial charge in [0.2, 0.25) is 0 Å². The van der Waals surface area contributed by atoms with Gasteiger partial charge in [-0.25, -0.2) is 4.39 Å². The van der Waals surface area contributed by atoms with Gasteiger partial charge >= 0.3 is 0 Å². The zero-order chi connectivity index (χ0) is 13.8. The maximum Gasteiger partial charge on any atom is 0.254 e. The van der Waals surface area contributed by atoms with Crippen molar-refractivity contribution in [3.63, 3.8) is 0 Å². The van der Waals surface area contributed by atoms with Gasteiger partial charge in [-0.05, 0) is 31.2 Å². The maximum absolute atomic E-state index is 13.3. The molecule has 1 N–H and O–H groups in total. The molecule has 1 amide bonds. The normalized spacial score (nSPS) is 22.6.